The van der Waals surface area contributed by atoms with Gasteiger partial charge in [0, 0.05) is 11.2 Å². The number of rotatable bonds is 4. The van der Waals surface area contributed by atoms with E-state index in [1.165, 1.54) is 16.6 Å². The maximum atomic E-state index is 6.00. The molecular formula is C15H12ClN7S. The molecule has 3 aromatic heterocycles. The summed E-state index contributed by atoms with van der Waals surface area (Å²) >= 11 is 7.52. The smallest absolute Gasteiger partial charge is 0.188 e. The first kappa shape index (κ1) is 15.1. The van der Waals surface area contributed by atoms with Gasteiger partial charge in [0.2, 0.25) is 0 Å². The van der Waals surface area contributed by atoms with Gasteiger partial charge in [0.15, 0.2) is 16.6 Å². The van der Waals surface area contributed by atoms with Gasteiger partial charge < -0.3 is 4.98 Å². The number of nitrogens with one attached hydrogen (secondary N) is 1. The number of pyridine rings is 1. The van der Waals surface area contributed by atoms with Crippen molar-refractivity contribution in [1.29, 1.82) is 0 Å². The third-order valence-electron chi connectivity index (χ3n) is 3.36. The first-order valence-corrected chi connectivity index (χ1v) is 8.48. The Morgan fingerprint density at radius 2 is 2.17 bits per heavy atom. The van der Waals surface area contributed by atoms with Crippen molar-refractivity contribution in [2.24, 2.45) is 0 Å². The highest BCUT2D eigenvalue weighted by Gasteiger charge is 2.16. The normalized spacial score (nSPS) is 12.6. The molecule has 0 saturated heterocycles. The van der Waals surface area contributed by atoms with Crippen LogP contribution in [0.5, 0.6) is 0 Å². The van der Waals surface area contributed by atoms with Gasteiger partial charge in [-0.2, -0.15) is 0 Å². The zero-order chi connectivity index (χ0) is 16.5. The molecular weight excluding hydrogens is 346 g/mol. The van der Waals surface area contributed by atoms with Crippen LogP contribution >= 0.6 is 23.4 Å². The van der Waals surface area contributed by atoms with E-state index in [9.17, 15) is 0 Å². The van der Waals surface area contributed by atoms with E-state index in [1.807, 2.05) is 31.2 Å². The summed E-state index contributed by atoms with van der Waals surface area (Å²) in [5.41, 5.74) is 2.37. The molecule has 3 heterocycles. The number of fused-ring (bicyclic) bond motifs is 1. The van der Waals surface area contributed by atoms with Gasteiger partial charge >= 0.3 is 0 Å². The Balaban J connectivity index is 1.55. The lowest BCUT2D eigenvalue weighted by Gasteiger charge is -2.03. The third-order valence-corrected chi connectivity index (χ3v) is 4.57. The van der Waals surface area contributed by atoms with Gasteiger partial charge in [0.25, 0.3) is 0 Å². The largest absolute Gasteiger partial charge is 0.332 e. The topological polar surface area (TPSA) is 85.2 Å². The molecule has 1 atom stereocenters. The highest BCUT2D eigenvalue weighted by atomic mass is 35.5. The third kappa shape index (κ3) is 2.98. The Morgan fingerprint density at radius 3 is 3.00 bits per heavy atom. The average Bonchev–Trinajstić information content (AvgIpc) is 3.21. The molecule has 24 heavy (non-hydrogen) atoms. The van der Waals surface area contributed by atoms with Crippen molar-refractivity contribution >= 4 is 34.5 Å². The van der Waals surface area contributed by atoms with Crippen LogP contribution in [0, 0.1) is 0 Å². The molecule has 1 unspecified atom stereocenters. The molecule has 0 fully saturated rings. The second-order valence-electron chi connectivity index (χ2n) is 5.09. The van der Waals surface area contributed by atoms with Crippen LogP contribution in [0.4, 0.5) is 0 Å². The fraction of sp³-hybridized carbons (Fsp3) is 0.133. The number of hydrogen-bond donors (Lipinski definition) is 1. The summed E-state index contributed by atoms with van der Waals surface area (Å²) in [6, 6.07) is 11.1. The molecule has 0 spiro atoms. The molecule has 4 rings (SSSR count). The summed E-state index contributed by atoms with van der Waals surface area (Å²) in [7, 11) is 0. The second kappa shape index (κ2) is 6.21. The first-order chi connectivity index (χ1) is 11.7. The molecule has 120 valence electrons. The van der Waals surface area contributed by atoms with E-state index < -0.39 is 0 Å². The molecule has 0 radical (unpaired) electrons. The number of nitrogens with zero attached hydrogens (tertiary/aromatic N) is 6. The van der Waals surface area contributed by atoms with Crippen molar-refractivity contribution in [1.82, 2.24) is 35.2 Å². The van der Waals surface area contributed by atoms with Gasteiger partial charge in [-0.25, -0.2) is 9.97 Å². The number of benzene rings is 1. The Morgan fingerprint density at radius 1 is 1.25 bits per heavy atom. The number of imidazole rings is 1. The van der Waals surface area contributed by atoms with Crippen LogP contribution in [0.25, 0.3) is 16.9 Å². The van der Waals surface area contributed by atoms with Crippen molar-refractivity contribution in [3.05, 3.63) is 53.4 Å². The van der Waals surface area contributed by atoms with E-state index >= 15 is 0 Å². The minimum absolute atomic E-state index is 0.0153. The summed E-state index contributed by atoms with van der Waals surface area (Å²) in [4.78, 5) is 13.4. The van der Waals surface area contributed by atoms with Crippen LogP contribution in [0.1, 0.15) is 18.0 Å². The highest BCUT2D eigenvalue weighted by Crippen LogP contribution is 2.31. The SMILES string of the molecule is CC(Sc1nc2ncccc2[nH]1)c1nnn(-c2cccc(Cl)c2)n1. The van der Waals surface area contributed by atoms with E-state index in [-0.39, 0.29) is 5.25 Å². The number of halogens is 1. The maximum Gasteiger partial charge on any atom is 0.188 e. The molecule has 0 aliphatic rings. The van der Waals surface area contributed by atoms with Crippen molar-refractivity contribution in [3.63, 3.8) is 0 Å². The molecule has 0 amide bonds. The molecule has 1 N–H and O–H groups in total. The summed E-state index contributed by atoms with van der Waals surface area (Å²) in [5.74, 6) is 0.619. The van der Waals surface area contributed by atoms with E-state index in [0.717, 1.165) is 16.4 Å². The van der Waals surface area contributed by atoms with Gasteiger partial charge in [-0.3, -0.25) is 0 Å². The van der Waals surface area contributed by atoms with Gasteiger partial charge in [-0.05, 0) is 42.5 Å². The van der Waals surface area contributed by atoms with Crippen molar-refractivity contribution in [2.75, 3.05) is 0 Å². The molecule has 0 saturated carbocycles. The standard InChI is InChI=1S/C15H12ClN7S/c1-9(24-15-18-12-6-3-7-17-14(12)19-15)13-20-22-23(21-13)11-5-2-4-10(16)8-11/h2-9H,1H3,(H,17,18,19). The number of aromatic nitrogens is 7. The average molecular weight is 358 g/mol. The van der Waals surface area contributed by atoms with Gasteiger partial charge in [-0.15, -0.1) is 15.0 Å². The first-order valence-electron chi connectivity index (χ1n) is 7.22. The molecule has 0 bridgehead atoms. The second-order valence-corrected chi connectivity index (χ2v) is 6.86. The summed E-state index contributed by atoms with van der Waals surface area (Å²) < 4.78 is 0. The van der Waals surface area contributed by atoms with Crippen molar-refractivity contribution < 1.29 is 0 Å². The Kier molecular flexibility index (Phi) is 3.91. The van der Waals surface area contributed by atoms with Crippen LogP contribution in [0.3, 0.4) is 0 Å². The fourth-order valence-corrected chi connectivity index (χ4v) is 3.22. The van der Waals surface area contributed by atoms with Gasteiger partial charge in [-0.1, -0.05) is 29.4 Å². The van der Waals surface area contributed by atoms with E-state index in [1.54, 1.807) is 18.3 Å². The lowest BCUT2D eigenvalue weighted by Crippen LogP contribution is -1.99. The van der Waals surface area contributed by atoms with Crippen LogP contribution in [0.15, 0.2) is 47.8 Å². The predicted molar refractivity (Wildman–Crippen MR) is 92.3 cm³/mol. The summed E-state index contributed by atoms with van der Waals surface area (Å²) in [5, 5.41) is 14.0. The molecule has 4 aromatic rings. The monoisotopic (exact) mass is 357 g/mol. The maximum absolute atomic E-state index is 6.00. The van der Waals surface area contributed by atoms with Crippen LogP contribution < -0.4 is 0 Å². The fourth-order valence-electron chi connectivity index (χ4n) is 2.20. The summed E-state index contributed by atoms with van der Waals surface area (Å²) in [6.07, 6.45) is 1.72. The molecule has 0 aliphatic carbocycles. The lowest BCUT2D eigenvalue weighted by molar-refractivity contribution is 0.717. The minimum Gasteiger partial charge on any atom is -0.332 e. The van der Waals surface area contributed by atoms with E-state index in [2.05, 4.69) is 30.4 Å². The predicted octanol–water partition coefficient (Wildman–Crippen LogP) is 3.44. The lowest BCUT2D eigenvalue weighted by atomic mass is 10.3. The van der Waals surface area contributed by atoms with Crippen LogP contribution in [-0.2, 0) is 0 Å². The zero-order valence-electron chi connectivity index (χ0n) is 12.6. The minimum atomic E-state index is -0.0153. The van der Waals surface area contributed by atoms with E-state index in [4.69, 9.17) is 11.6 Å². The molecule has 1 aromatic carbocycles. The number of H-pyrrole nitrogens is 1. The molecule has 0 aliphatic heterocycles. The van der Waals surface area contributed by atoms with Crippen LogP contribution in [0.2, 0.25) is 5.02 Å². The molecule has 7 nitrogen and oxygen atoms in total. The number of thioether (sulfide) groups is 1. The number of tetrazole rings is 1. The zero-order valence-corrected chi connectivity index (χ0v) is 14.2. The highest BCUT2D eigenvalue weighted by molar-refractivity contribution is 7.99. The Hall–Kier alpha value is -2.45. The van der Waals surface area contributed by atoms with Gasteiger partial charge in [0.05, 0.1) is 16.5 Å². The number of hydrogen-bond acceptors (Lipinski definition) is 6. The summed E-state index contributed by atoms with van der Waals surface area (Å²) in [6.45, 7) is 2.00. The van der Waals surface area contributed by atoms with Gasteiger partial charge in [0.1, 0.15) is 0 Å². The van der Waals surface area contributed by atoms with Crippen LogP contribution in [-0.4, -0.2) is 35.2 Å². The van der Waals surface area contributed by atoms with Crippen molar-refractivity contribution in [3.8, 4) is 5.69 Å². The van der Waals surface area contributed by atoms with E-state index in [0.29, 0.717) is 16.5 Å². The Bertz CT molecular complexity index is 963. The quantitative estimate of drug-likeness (QED) is 0.563. The number of aromatic amines is 1. The Labute approximate surface area is 146 Å². The molecule has 9 heteroatoms. The van der Waals surface area contributed by atoms with Crippen molar-refractivity contribution in [2.45, 2.75) is 17.3 Å².